The molecule has 1 heterocycles. The first-order chi connectivity index (χ1) is 8.31. The van der Waals surface area contributed by atoms with E-state index in [-0.39, 0.29) is 5.91 Å². The zero-order valence-corrected chi connectivity index (χ0v) is 11.5. The molecule has 0 aromatic carbocycles. The Labute approximate surface area is 107 Å². The van der Waals surface area contributed by atoms with Crippen LogP contribution < -0.4 is 0 Å². The second-order valence-corrected chi connectivity index (χ2v) is 6.10. The lowest BCUT2D eigenvalue weighted by Gasteiger charge is -2.41. The summed E-state index contributed by atoms with van der Waals surface area (Å²) in [4.78, 5) is 24.6. The first kappa shape index (κ1) is 14.8. The normalized spacial score (nSPS) is 25.3. The number of rotatable bonds is 3. The molecule has 0 radical (unpaired) electrons. The number of hydrogen-bond acceptors (Lipinski definition) is 5. The van der Waals surface area contributed by atoms with Crippen LogP contribution in [0.15, 0.2) is 4.40 Å². The molecule has 1 aliphatic heterocycles. The minimum atomic E-state index is -3.98. The fraction of sp³-hybridized carbons (Fsp3) is 0.800. The summed E-state index contributed by atoms with van der Waals surface area (Å²) in [5, 5.41) is -0.985. The van der Waals surface area contributed by atoms with Crippen LogP contribution in [0.4, 0.5) is 0 Å². The van der Waals surface area contributed by atoms with Crippen molar-refractivity contribution in [1.82, 2.24) is 9.80 Å². The van der Waals surface area contributed by atoms with Crippen molar-refractivity contribution in [2.45, 2.75) is 31.2 Å². The van der Waals surface area contributed by atoms with Crippen molar-refractivity contribution in [3.63, 3.8) is 0 Å². The van der Waals surface area contributed by atoms with Crippen molar-refractivity contribution < 1.29 is 18.0 Å². The smallest absolute Gasteiger partial charge is 0.281 e. The zero-order valence-electron chi connectivity index (χ0n) is 10.7. The largest absolute Gasteiger partial charge is 0.340 e. The number of likely N-dealkylation sites (N-methyl/N-ethyl adjacent to an activating group) is 2. The molecule has 0 spiro atoms. The lowest BCUT2D eigenvalue weighted by Crippen LogP contribution is -2.57. The molecule has 0 aromatic rings. The van der Waals surface area contributed by atoms with Crippen molar-refractivity contribution in [2.75, 3.05) is 20.6 Å². The summed E-state index contributed by atoms with van der Waals surface area (Å²) in [5.74, 6) is -0.217. The van der Waals surface area contributed by atoms with E-state index >= 15 is 0 Å². The van der Waals surface area contributed by atoms with Crippen LogP contribution in [0.3, 0.4) is 0 Å². The Morgan fingerprint density at radius 2 is 2.11 bits per heavy atom. The lowest BCUT2D eigenvalue weighted by molar-refractivity contribution is -0.130. The van der Waals surface area contributed by atoms with E-state index in [1.807, 2.05) is 0 Å². The van der Waals surface area contributed by atoms with Crippen LogP contribution in [0, 0.1) is 0 Å². The van der Waals surface area contributed by atoms with E-state index in [2.05, 4.69) is 4.40 Å². The summed E-state index contributed by atoms with van der Waals surface area (Å²) >= 11 is 0. The number of isocyanates is 1. The number of amides is 1. The number of likely N-dealkylation sites (tertiary alicyclic amines) is 1. The van der Waals surface area contributed by atoms with Gasteiger partial charge < -0.3 is 4.90 Å². The average molecular weight is 275 g/mol. The van der Waals surface area contributed by atoms with Crippen LogP contribution >= 0.6 is 0 Å². The maximum Gasteiger partial charge on any atom is 0.281 e. The highest BCUT2D eigenvalue weighted by atomic mass is 32.2. The lowest BCUT2D eigenvalue weighted by atomic mass is 10.0. The van der Waals surface area contributed by atoms with E-state index in [9.17, 15) is 18.0 Å². The molecule has 1 aliphatic rings. The molecule has 1 fully saturated rings. The SMILES string of the molecule is CC(=O)N(C)C1CCCN(C)C1S(=O)(=O)N=C=O. The van der Waals surface area contributed by atoms with Crippen LogP contribution in [0.2, 0.25) is 0 Å². The first-order valence-electron chi connectivity index (χ1n) is 5.58. The van der Waals surface area contributed by atoms with E-state index in [0.29, 0.717) is 13.0 Å². The molecule has 2 unspecified atom stereocenters. The molecule has 0 bridgehead atoms. The van der Waals surface area contributed by atoms with Crippen LogP contribution in [0.5, 0.6) is 0 Å². The first-order valence-corrected chi connectivity index (χ1v) is 7.08. The molecule has 102 valence electrons. The third-order valence-corrected chi connectivity index (χ3v) is 4.85. The Morgan fingerprint density at radius 3 is 2.61 bits per heavy atom. The monoisotopic (exact) mass is 275 g/mol. The predicted molar refractivity (Wildman–Crippen MR) is 64.9 cm³/mol. The molecule has 0 N–H and O–H groups in total. The van der Waals surface area contributed by atoms with Gasteiger partial charge in [0.15, 0.2) is 5.37 Å². The number of sulfonamides is 1. The number of carbonyl (C=O) groups is 1. The summed E-state index contributed by atoms with van der Waals surface area (Å²) < 4.78 is 26.8. The summed E-state index contributed by atoms with van der Waals surface area (Å²) in [6, 6.07) is -0.497. The summed E-state index contributed by atoms with van der Waals surface area (Å²) in [5.41, 5.74) is 0. The molecular weight excluding hydrogens is 258 g/mol. The highest BCUT2D eigenvalue weighted by molar-refractivity contribution is 7.90. The van der Waals surface area contributed by atoms with E-state index in [0.717, 1.165) is 12.5 Å². The van der Waals surface area contributed by atoms with Crippen molar-refractivity contribution in [3.05, 3.63) is 0 Å². The summed E-state index contributed by atoms with van der Waals surface area (Å²) in [6.07, 6.45) is 2.43. The second kappa shape index (κ2) is 5.60. The van der Waals surface area contributed by atoms with Gasteiger partial charge in [-0.1, -0.05) is 4.40 Å². The van der Waals surface area contributed by atoms with E-state index in [1.165, 1.54) is 11.8 Å². The van der Waals surface area contributed by atoms with Crippen molar-refractivity contribution >= 4 is 22.0 Å². The fourth-order valence-electron chi connectivity index (χ4n) is 2.26. The van der Waals surface area contributed by atoms with Crippen LogP contribution in [0.1, 0.15) is 19.8 Å². The van der Waals surface area contributed by atoms with Gasteiger partial charge in [-0.05, 0) is 26.4 Å². The Morgan fingerprint density at radius 1 is 1.50 bits per heavy atom. The minimum absolute atomic E-state index is 0.217. The standard InChI is InChI=1S/C10H17N3O4S/c1-8(15)13(3)9-5-4-6-12(2)10(9)18(16,17)11-7-14/h9-10H,4-6H2,1-3H3. The quantitative estimate of drug-likeness (QED) is 0.514. The third-order valence-electron chi connectivity index (χ3n) is 3.24. The Hall–Kier alpha value is -1.24. The number of hydrogen-bond donors (Lipinski definition) is 0. The van der Waals surface area contributed by atoms with Gasteiger partial charge in [0, 0.05) is 14.0 Å². The highest BCUT2D eigenvalue weighted by Gasteiger charge is 2.42. The van der Waals surface area contributed by atoms with Gasteiger partial charge in [0.2, 0.25) is 5.91 Å². The van der Waals surface area contributed by atoms with Gasteiger partial charge in [-0.25, -0.2) is 13.2 Å². The van der Waals surface area contributed by atoms with E-state index in [1.54, 1.807) is 19.0 Å². The van der Waals surface area contributed by atoms with Crippen molar-refractivity contribution in [2.24, 2.45) is 4.40 Å². The van der Waals surface area contributed by atoms with Gasteiger partial charge in [0.25, 0.3) is 16.1 Å². The maximum absolute atomic E-state index is 11.9. The van der Waals surface area contributed by atoms with Crippen LogP contribution in [-0.2, 0) is 19.6 Å². The van der Waals surface area contributed by atoms with E-state index < -0.39 is 21.4 Å². The zero-order chi connectivity index (χ0) is 13.9. The molecule has 1 saturated heterocycles. The van der Waals surface area contributed by atoms with Crippen molar-refractivity contribution in [1.29, 1.82) is 0 Å². The molecule has 1 amide bonds. The minimum Gasteiger partial charge on any atom is -0.340 e. The molecule has 2 atom stereocenters. The molecule has 0 saturated carbocycles. The van der Waals surface area contributed by atoms with Gasteiger partial charge in [-0.2, -0.15) is 0 Å². The summed E-state index contributed by atoms with van der Waals surface area (Å²) in [7, 11) is -0.780. The van der Waals surface area contributed by atoms with Crippen molar-refractivity contribution in [3.8, 4) is 0 Å². The Bertz CT molecular complexity index is 470. The molecule has 0 aromatic heterocycles. The molecular formula is C10H17N3O4S. The van der Waals surface area contributed by atoms with Gasteiger partial charge in [0.05, 0.1) is 6.04 Å². The van der Waals surface area contributed by atoms with Gasteiger partial charge in [-0.15, -0.1) is 0 Å². The highest BCUT2D eigenvalue weighted by Crippen LogP contribution is 2.25. The van der Waals surface area contributed by atoms with Crippen LogP contribution in [0.25, 0.3) is 0 Å². The Kier molecular flexibility index (Phi) is 4.61. The fourth-order valence-corrected chi connectivity index (χ4v) is 3.75. The topological polar surface area (TPSA) is 87.1 Å². The molecule has 18 heavy (non-hydrogen) atoms. The predicted octanol–water partition coefficient (Wildman–Crippen LogP) is -0.449. The molecule has 0 aliphatic carbocycles. The van der Waals surface area contributed by atoms with Gasteiger partial charge in [0.1, 0.15) is 0 Å². The number of carbonyl (C=O) groups excluding carboxylic acids is 2. The molecule has 1 rings (SSSR count). The van der Waals surface area contributed by atoms with Gasteiger partial charge >= 0.3 is 0 Å². The summed E-state index contributed by atoms with van der Waals surface area (Å²) in [6.45, 7) is 1.96. The molecule has 7 nitrogen and oxygen atoms in total. The third kappa shape index (κ3) is 2.95. The number of piperidine rings is 1. The average Bonchev–Trinajstić information content (AvgIpc) is 2.27. The molecule has 8 heteroatoms. The van der Waals surface area contributed by atoms with E-state index in [4.69, 9.17) is 0 Å². The number of nitrogens with zero attached hydrogens (tertiary/aromatic N) is 3. The second-order valence-electron chi connectivity index (χ2n) is 4.41. The maximum atomic E-state index is 11.9. The Balaban J connectivity index is 3.15. The van der Waals surface area contributed by atoms with Crippen LogP contribution in [-0.4, -0.2) is 62.3 Å². The van der Waals surface area contributed by atoms with Gasteiger partial charge in [-0.3, -0.25) is 9.69 Å².